The molecule has 0 radical (unpaired) electrons. The molecule has 0 unspecified atom stereocenters. The van der Waals surface area contributed by atoms with Crippen molar-refractivity contribution in [1.82, 2.24) is 9.55 Å². The molecule has 0 N–H and O–H groups in total. The Labute approximate surface area is 183 Å². The lowest BCUT2D eigenvalue weighted by molar-refractivity contribution is -0.143. The van der Waals surface area contributed by atoms with E-state index in [1.807, 2.05) is 39.0 Å². The van der Waals surface area contributed by atoms with Crippen LogP contribution in [0.3, 0.4) is 0 Å². The molecular weight excluding hydrogens is 400 g/mol. The fourth-order valence-electron chi connectivity index (χ4n) is 3.51. The highest BCUT2D eigenvalue weighted by atomic mass is 35.5. The normalized spacial score (nSPS) is 11.1. The lowest BCUT2D eigenvalue weighted by Gasteiger charge is -2.12. The summed E-state index contributed by atoms with van der Waals surface area (Å²) >= 11 is 6.53. The fourth-order valence-corrected chi connectivity index (χ4v) is 3.77. The largest absolute Gasteiger partial charge is 0.493 e. The zero-order valence-corrected chi connectivity index (χ0v) is 18.9. The third-order valence-corrected chi connectivity index (χ3v) is 5.51. The number of benzene rings is 2. The van der Waals surface area contributed by atoms with Crippen LogP contribution in [0, 0.1) is 13.8 Å². The summed E-state index contributed by atoms with van der Waals surface area (Å²) in [5.41, 5.74) is 5.33. The Bertz CT molecular complexity index is 1040. The minimum atomic E-state index is -0.188. The molecule has 1 aromatic heterocycles. The van der Waals surface area contributed by atoms with E-state index in [2.05, 4.69) is 23.6 Å². The van der Waals surface area contributed by atoms with E-state index in [9.17, 15) is 4.79 Å². The van der Waals surface area contributed by atoms with E-state index >= 15 is 0 Å². The van der Waals surface area contributed by atoms with Crippen molar-refractivity contribution in [2.24, 2.45) is 0 Å². The minimum absolute atomic E-state index is 0.188. The van der Waals surface area contributed by atoms with Gasteiger partial charge in [-0.05, 0) is 62.4 Å². The van der Waals surface area contributed by atoms with Crippen molar-refractivity contribution in [3.63, 3.8) is 0 Å². The maximum absolute atomic E-state index is 11.5. The Morgan fingerprint density at radius 3 is 2.67 bits per heavy atom. The number of aryl methyl sites for hydroxylation is 3. The van der Waals surface area contributed by atoms with Crippen LogP contribution in [0.25, 0.3) is 11.0 Å². The smallest absolute Gasteiger partial charge is 0.305 e. The maximum Gasteiger partial charge on any atom is 0.305 e. The number of aromatic nitrogens is 2. The molecule has 0 aliphatic carbocycles. The van der Waals surface area contributed by atoms with Gasteiger partial charge < -0.3 is 14.0 Å². The van der Waals surface area contributed by atoms with Gasteiger partial charge in [0.2, 0.25) is 0 Å². The molecule has 160 valence electrons. The molecule has 0 spiro atoms. The summed E-state index contributed by atoms with van der Waals surface area (Å²) in [5.74, 6) is 1.52. The lowest BCUT2D eigenvalue weighted by atomic mass is 10.1. The first-order valence-electron chi connectivity index (χ1n) is 10.5. The molecule has 0 bridgehead atoms. The van der Waals surface area contributed by atoms with Crippen LogP contribution in [0.2, 0.25) is 5.02 Å². The molecule has 0 amide bonds. The number of carbonyl (C=O) groups excluding carboxylic acids is 1. The van der Waals surface area contributed by atoms with Crippen LogP contribution in [0.15, 0.2) is 30.3 Å². The van der Waals surface area contributed by atoms with Crippen LogP contribution in [-0.4, -0.2) is 28.7 Å². The molecule has 5 nitrogen and oxygen atoms in total. The van der Waals surface area contributed by atoms with Crippen molar-refractivity contribution in [2.75, 3.05) is 13.2 Å². The number of imidazole rings is 1. The average Bonchev–Trinajstić information content (AvgIpc) is 3.03. The summed E-state index contributed by atoms with van der Waals surface area (Å²) in [7, 11) is 0. The second kappa shape index (κ2) is 9.98. The van der Waals surface area contributed by atoms with Gasteiger partial charge in [0.1, 0.15) is 11.6 Å². The summed E-state index contributed by atoms with van der Waals surface area (Å²) in [6.45, 7) is 9.49. The molecule has 0 fully saturated rings. The number of hydrogen-bond donors (Lipinski definition) is 0. The van der Waals surface area contributed by atoms with E-state index in [4.69, 9.17) is 26.1 Å². The van der Waals surface area contributed by atoms with Gasteiger partial charge in [-0.1, -0.05) is 30.7 Å². The number of halogens is 1. The molecule has 0 saturated carbocycles. The summed E-state index contributed by atoms with van der Waals surface area (Å²) in [5, 5.41) is 0.777. The second-order valence-corrected chi connectivity index (χ2v) is 7.80. The van der Waals surface area contributed by atoms with E-state index in [1.54, 1.807) is 0 Å². The fraction of sp³-hybridized carbons (Fsp3) is 0.417. The van der Waals surface area contributed by atoms with Crippen molar-refractivity contribution in [1.29, 1.82) is 0 Å². The third kappa shape index (κ3) is 5.14. The second-order valence-electron chi connectivity index (χ2n) is 7.39. The molecular formula is C24H29ClN2O3. The average molecular weight is 429 g/mol. The van der Waals surface area contributed by atoms with E-state index < -0.39 is 0 Å². The van der Waals surface area contributed by atoms with Gasteiger partial charge in [-0.15, -0.1) is 0 Å². The Morgan fingerprint density at radius 2 is 1.97 bits per heavy atom. The molecule has 1 heterocycles. The number of carbonyl (C=O) groups is 1. The standard InChI is InChI=1S/C24H29ClN2O3/c1-5-18-9-10-19(21(25)13-18)15-27-17(4)26-24-16(3)12-20(14-22(24)27)30-11-7-8-23(28)29-6-2/h9-10,12-14H,5-8,11,15H2,1-4H3. The number of fused-ring (bicyclic) bond motifs is 1. The van der Waals surface area contributed by atoms with Gasteiger partial charge in [-0.3, -0.25) is 4.79 Å². The van der Waals surface area contributed by atoms with E-state index in [-0.39, 0.29) is 5.97 Å². The van der Waals surface area contributed by atoms with Crippen LogP contribution in [0.5, 0.6) is 5.75 Å². The van der Waals surface area contributed by atoms with Gasteiger partial charge in [0.05, 0.1) is 30.8 Å². The summed E-state index contributed by atoms with van der Waals surface area (Å²) < 4.78 is 13.0. The minimum Gasteiger partial charge on any atom is -0.493 e. The molecule has 6 heteroatoms. The van der Waals surface area contributed by atoms with Crippen molar-refractivity contribution in [3.8, 4) is 5.75 Å². The Kier molecular flexibility index (Phi) is 7.38. The first-order valence-corrected chi connectivity index (χ1v) is 10.8. The van der Waals surface area contributed by atoms with Crippen LogP contribution < -0.4 is 4.74 Å². The predicted octanol–water partition coefficient (Wildman–Crippen LogP) is 5.64. The van der Waals surface area contributed by atoms with Crippen LogP contribution in [-0.2, 0) is 22.5 Å². The zero-order valence-electron chi connectivity index (χ0n) is 18.1. The summed E-state index contributed by atoms with van der Waals surface area (Å²) in [4.78, 5) is 16.2. The first-order chi connectivity index (χ1) is 14.4. The quantitative estimate of drug-likeness (QED) is 0.327. The van der Waals surface area contributed by atoms with Gasteiger partial charge in [0.25, 0.3) is 0 Å². The van der Waals surface area contributed by atoms with Gasteiger partial charge >= 0.3 is 5.97 Å². The molecule has 3 rings (SSSR count). The Hall–Kier alpha value is -2.53. The van der Waals surface area contributed by atoms with E-state index in [0.29, 0.717) is 32.6 Å². The van der Waals surface area contributed by atoms with Crippen LogP contribution in [0.4, 0.5) is 0 Å². The number of hydrogen-bond acceptors (Lipinski definition) is 4. The van der Waals surface area contributed by atoms with Gasteiger partial charge in [0, 0.05) is 17.5 Å². The zero-order chi connectivity index (χ0) is 21.7. The summed E-state index contributed by atoms with van der Waals surface area (Å²) in [6.07, 6.45) is 1.94. The van der Waals surface area contributed by atoms with Crippen molar-refractivity contribution in [2.45, 2.75) is 53.5 Å². The van der Waals surface area contributed by atoms with Crippen molar-refractivity contribution >= 4 is 28.6 Å². The van der Waals surface area contributed by atoms with Gasteiger partial charge in [-0.2, -0.15) is 0 Å². The Morgan fingerprint density at radius 1 is 1.17 bits per heavy atom. The molecule has 0 saturated heterocycles. The monoisotopic (exact) mass is 428 g/mol. The molecule has 0 aliphatic rings. The van der Waals surface area contributed by atoms with E-state index in [0.717, 1.165) is 45.2 Å². The van der Waals surface area contributed by atoms with Crippen molar-refractivity contribution in [3.05, 3.63) is 57.9 Å². The third-order valence-electron chi connectivity index (χ3n) is 5.16. The number of nitrogens with zero attached hydrogens (tertiary/aromatic N) is 2. The molecule has 3 aromatic rings. The van der Waals surface area contributed by atoms with Gasteiger partial charge in [0.15, 0.2) is 0 Å². The molecule has 0 atom stereocenters. The highest BCUT2D eigenvalue weighted by molar-refractivity contribution is 6.31. The molecule has 2 aromatic carbocycles. The lowest BCUT2D eigenvalue weighted by Crippen LogP contribution is -2.07. The number of rotatable bonds is 9. The molecule has 30 heavy (non-hydrogen) atoms. The van der Waals surface area contributed by atoms with Gasteiger partial charge in [-0.25, -0.2) is 4.98 Å². The molecule has 0 aliphatic heterocycles. The van der Waals surface area contributed by atoms with Crippen LogP contribution in [0.1, 0.15) is 49.2 Å². The Balaban J connectivity index is 1.80. The highest BCUT2D eigenvalue weighted by Crippen LogP contribution is 2.28. The SMILES string of the molecule is CCOC(=O)CCCOc1cc(C)c2nc(C)n(Cc3ccc(CC)cc3Cl)c2c1. The van der Waals surface area contributed by atoms with Crippen molar-refractivity contribution < 1.29 is 14.3 Å². The highest BCUT2D eigenvalue weighted by Gasteiger charge is 2.14. The maximum atomic E-state index is 11.5. The van der Waals surface area contributed by atoms with Crippen LogP contribution >= 0.6 is 11.6 Å². The number of ether oxygens (including phenoxy) is 2. The predicted molar refractivity (Wildman–Crippen MR) is 121 cm³/mol. The summed E-state index contributed by atoms with van der Waals surface area (Å²) in [6, 6.07) is 10.3. The topological polar surface area (TPSA) is 53.4 Å². The first kappa shape index (κ1) is 22.2. The van der Waals surface area contributed by atoms with E-state index in [1.165, 1.54) is 5.56 Å². The number of esters is 1.